The minimum atomic E-state index is -0.284. The van der Waals surface area contributed by atoms with Crippen molar-refractivity contribution in [3.63, 3.8) is 0 Å². The molecule has 1 unspecified atom stereocenters. The van der Waals surface area contributed by atoms with Gasteiger partial charge in [0.2, 0.25) is 0 Å². The van der Waals surface area contributed by atoms with Gasteiger partial charge in [0.05, 0.1) is 6.54 Å². The smallest absolute Gasteiger partial charge is 0.308 e. The number of benzene rings is 1. The number of aryl methyl sites for hydroxylation is 1. The Labute approximate surface area is 108 Å². The Morgan fingerprint density at radius 1 is 1.61 bits per heavy atom. The Balaban J connectivity index is 2.35. The molecule has 0 saturated carbocycles. The molecule has 0 heterocycles. The number of fused-ring (bicyclic) bond motifs is 1. The minimum Gasteiger partial charge on any atom is -0.426 e. The highest BCUT2D eigenvalue weighted by Crippen LogP contribution is 2.40. The maximum Gasteiger partial charge on any atom is 0.308 e. The van der Waals surface area contributed by atoms with Crippen molar-refractivity contribution in [3.8, 4) is 18.1 Å². The van der Waals surface area contributed by atoms with Crippen molar-refractivity contribution >= 4 is 5.97 Å². The van der Waals surface area contributed by atoms with Gasteiger partial charge in [0.15, 0.2) is 0 Å². The molecule has 1 aliphatic carbocycles. The zero-order valence-corrected chi connectivity index (χ0v) is 10.8. The van der Waals surface area contributed by atoms with Crippen LogP contribution in [-0.2, 0) is 11.2 Å². The predicted octanol–water partition coefficient (Wildman–Crippen LogP) is 2.16. The van der Waals surface area contributed by atoms with Crippen LogP contribution in [0.15, 0.2) is 18.2 Å². The quantitative estimate of drug-likeness (QED) is 0.463. The molecule has 3 nitrogen and oxygen atoms in total. The molecule has 1 aromatic carbocycles. The molecule has 0 radical (unpaired) electrons. The van der Waals surface area contributed by atoms with E-state index in [1.807, 2.05) is 19.2 Å². The maximum atomic E-state index is 11.1. The lowest BCUT2D eigenvalue weighted by atomic mass is 10.1. The summed E-state index contributed by atoms with van der Waals surface area (Å²) < 4.78 is 5.30. The molecule has 1 aliphatic rings. The predicted molar refractivity (Wildman–Crippen MR) is 70.3 cm³/mol. The number of ether oxygens (including phenoxy) is 1. The van der Waals surface area contributed by atoms with Crippen LogP contribution in [0, 0.1) is 12.3 Å². The van der Waals surface area contributed by atoms with E-state index in [0.29, 0.717) is 12.3 Å². The fourth-order valence-corrected chi connectivity index (χ4v) is 2.56. The van der Waals surface area contributed by atoms with Gasteiger partial charge in [0.25, 0.3) is 0 Å². The lowest BCUT2D eigenvalue weighted by molar-refractivity contribution is -0.131. The van der Waals surface area contributed by atoms with E-state index in [2.05, 4.69) is 16.9 Å². The Hall–Kier alpha value is -1.79. The first kappa shape index (κ1) is 12.7. The summed E-state index contributed by atoms with van der Waals surface area (Å²) in [5, 5.41) is 0. The first-order valence-electron chi connectivity index (χ1n) is 6.07. The summed E-state index contributed by atoms with van der Waals surface area (Å²) in [5.74, 6) is 3.04. The molecule has 0 N–H and O–H groups in total. The molecule has 1 aromatic rings. The summed E-state index contributed by atoms with van der Waals surface area (Å²) in [6.45, 7) is 2.02. The van der Waals surface area contributed by atoms with Gasteiger partial charge in [-0.1, -0.05) is 18.1 Å². The third-order valence-corrected chi connectivity index (χ3v) is 3.30. The Kier molecular flexibility index (Phi) is 3.69. The molecule has 94 valence electrons. The van der Waals surface area contributed by atoms with E-state index < -0.39 is 0 Å². The molecule has 0 aliphatic heterocycles. The molecular weight excluding hydrogens is 226 g/mol. The summed E-state index contributed by atoms with van der Waals surface area (Å²) in [5.41, 5.74) is 2.37. The van der Waals surface area contributed by atoms with Crippen LogP contribution >= 0.6 is 0 Å². The van der Waals surface area contributed by atoms with Crippen molar-refractivity contribution < 1.29 is 9.53 Å². The fraction of sp³-hybridized carbons (Fsp3) is 0.400. The fourth-order valence-electron chi connectivity index (χ4n) is 2.56. The molecule has 0 aromatic heterocycles. The number of nitrogens with zero attached hydrogens (tertiary/aromatic N) is 1. The van der Waals surface area contributed by atoms with E-state index >= 15 is 0 Å². The number of carbonyl (C=O) groups excluding carboxylic acids is 1. The number of hydrogen-bond donors (Lipinski definition) is 0. The van der Waals surface area contributed by atoms with Crippen molar-refractivity contribution in [2.45, 2.75) is 25.8 Å². The Morgan fingerprint density at radius 2 is 2.39 bits per heavy atom. The van der Waals surface area contributed by atoms with E-state index in [1.165, 1.54) is 12.5 Å². The third-order valence-electron chi connectivity index (χ3n) is 3.30. The van der Waals surface area contributed by atoms with E-state index in [1.54, 1.807) is 0 Å². The maximum absolute atomic E-state index is 11.1. The molecule has 0 bridgehead atoms. The van der Waals surface area contributed by atoms with Gasteiger partial charge in [0.1, 0.15) is 5.75 Å². The van der Waals surface area contributed by atoms with Crippen molar-refractivity contribution in [2.24, 2.45) is 0 Å². The van der Waals surface area contributed by atoms with Gasteiger partial charge in [-0.15, -0.1) is 6.42 Å². The first-order chi connectivity index (χ1) is 8.63. The van der Waals surface area contributed by atoms with E-state index in [-0.39, 0.29) is 12.0 Å². The molecule has 18 heavy (non-hydrogen) atoms. The molecule has 0 spiro atoms. The highest BCUT2D eigenvalue weighted by atomic mass is 16.5. The van der Waals surface area contributed by atoms with Gasteiger partial charge in [-0.3, -0.25) is 9.69 Å². The second-order valence-electron chi connectivity index (χ2n) is 4.60. The SMILES string of the molecule is C#CCN(C)C1CCc2cccc(OC(C)=O)c21. The average Bonchev–Trinajstić information content (AvgIpc) is 2.73. The summed E-state index contributed by atoms with van der Waals surface area (Å²) >= 11 is 0. The van der Waals surface area contributed by atoms with Gasteiger partial charge >= 0.3 is 5.97 Å². The monoisotopic (exact) mass is 243 g/mol. The Morgan fingerprint density at radius 3 is 3.06 bits per heavy atom. The average molecular weight is 243 g/mol. The summed E-state index contributed by atoms with van der Waals surface area (Å²) in [4.78, 5) is 13.3. The van der Waals surface area contributed by atoms with Gasteiger partial charge in [0, 0.05) is 18.5 Å². The lowest BCUT2D eigenvalue weighted by Crippen LogP contribution is -2.23. The largest absolute Gasteiger partial charge is 0.426 e. The second-order valence-corrected chi connectivity index (χ2v) is 4.60. The molecule has 0 saturated heterocycles. The van der Waals surface area contributed by atoms with E-state index in [0.717, 1.165) is 18.4 Å². The molecular formula is C15H17NO2. The molecule has 0 fully saturated rings. The summed E-state index contributed by atoms with van der Waals surface area (Å²) in [6.07, 6.45) is 7.38. The van der Waals surface area contributed by atoms with Crippen LogP contribution < -0.4 is 4.74 Å². The van der Waals surface area contributed by atoms with Gasteiger partial charge in [-0.25, -0.2) is 0 Å². The van der Waals surface area contributed by atoms with Crippen molar-refractivity contribution in [3.05, 3.63) is 29.3 Å². The third kappa shape index (κ3) is 2.39. The number of hydrogen-bond acceptors (Lipinski definition) is 3. The van der Waals surface area contributed by atoms with E-state index in [4.69, 9.17) is 11.2 Å². The first-order valence-corrected chi connectivity index (χ1v) is 6.07. The van der Waals surface area contributed by atoms with Gasteiger partial charge < -0.3 is 4.74 Å². The summed E-state index contributed by atoms with van der Waals surface area (Å²) in [7, 11) is 2.00. The van der Waals surface area contributed by atoms with Crippen molar-refractivity contribution in [2.75, 3.05) is 13.6 Å². The number of rotatable bonds is 3. The number of terminal acetylenes is 1. The number of esters is 1. The van der Waals surface area contributed by atoms with Crippen LogP contribution in [0.3, 0.4) is 0 Å². The summed E-state index contributed by atoms with van der Waals surface area (Å²) in [6, 6.07) is 6.11. The van der Waals surface area contributed by atoms with E-state index in [9.17, 15) is 4.79 Å². The van der Waals surface area contributed by atoms with Crippen LogP contribution in [0.1, 0.15) is 30.5 Å². The van der Waals surface area contributed by atoms with Crippen LogP contribution in [-0.4, -0.2) is 24.5 Å². The van der Waals surface area contributed by atoms with Crippen molar-refractivity contribution in [1.29, 1.82) is 0 Å². The molecule has 0 amide bonds. The highest BCUT2D eigenvalue weighted by Gasteiger charge is 2.29. The van der Waals surface area contributed by atoms with Gasteiger partial charge in [-0.2, -0.15) is 0 Å². The Bertz CT molecular complexity index is 502. The second kappa shape index (κ2) is 5.24. The van der Waals surface area contributed by atoms with Crippen LogP contribution in [0.4, 0.5) is 0 Å². The van der Waals surface area contributed by atoms with Crippen molar-refractivity contribution in [1.82, 2.24) is 4.90 Å². The van der Waals surface area contributed by atoms with Crippen LogP contribution in [0.2, 0.25) is 0 Å². The topological polar surface area (TPSA) is 29.5 Å². The van der Waals surface area contributed by atoms with Crippen LogP contribution in [0.5, 0.6) is 5.75 Å². The number of carbonyl (C=O) groups is 1. The van der Waals surface area contributed by atoms with Crippen LogP contribution in [0.25, 0.3) is 0 Å². The normalized spacial score (nSPS) is 17.3. The highest BCUT2D eigenvalue weighted by molar-refractivity contribution is 5.70. The standard InChI is InChI=1S/C15H17NO2/c1-4-10-16(3)13-9-8-12-6-5-7-14(15(12)13)18-11(2)17/h1,5-7,13H,8-10H2,2-3H3. The zero-order chi connectivity index (χ0) is 13.1. The molecule has 3 heteroatoms. The molecule has 1 atom stereocenters. The molecule has 2 rings (SSSR count). The minimum absolute atomic E-state index is 0.242. The van der Waals surface area contributed by atoms with Gasteiger partial charge in [-0.05, 0) is 31.5 Å². The lowest BCUT2D eigenvalue weighted by Gasteiger charge is -2.24. The zero-order valence-electron chi connectivity index (χ0n) is 10.8.